The molecule has 10 heteroatoms. The Balaban J connectivity index is 2.18. The first kappa shape index (κ1) is 16.2. The average molecular weight is 334 g/mol. The normalized spacial score (nSPS) is 13.0. The summed E-state index contributed by atoms with van der Waals surface area (Å²) in [5, 5.41) is 6.01. The van der Waals surface area contributed by atoms with Gasteiger partial charge in [-0.3, -0.25) is 4.79 Å². The van der Waals surface area contributed by atoms with Crippen LogP contribution < -0.4 is 5.32 Å². The van der Waals surface area contributed by atoms with Crippen LogP contribution in [0.4, 0.5) is 13.2 Å². The van der Waals surface area contributed by atoms with E-state index in [-0.39, 0.29) is 16.5 Å². The summed E-state index contributed by atoms with van der Waals surface area (Å²) in [6.07, 6.45) is -3.36. The number of amides is 1. The summed E-state index contributed by atoms with van der Waals surface area (Å²) >= 11 is 5.77. The van der Waals surface area contributed by atoms with Crippen LogP contribution in [0.1, 0.15) is 34.8 Å². The lowest BCUT2D eigenvalue weighted by molar-refractivity contribution is -0.141. The van der Waals surface area contributed by atoms with Crippen molar-refractivity contribution >= 4 is 17.5 Å². The van der Waals surface area contributed by atoms with E-state index in [1.54, 1.807) is 14.0 Å². The maximum Gasteiger partial charge on any atom is 0.433 e. The predicted molar refractivity (Wildman–Crippen MR) is 71.1 cm³/mol. The maximum atomic E-state index is 12.5. The molecule has 0 aliphatic heterocycles. The standard InChI is InChI=1S/C12H11ClF3N5O/c1-6(19-11(22)10-17-5-18-21(10)2)7-3-4-8(12(14,15)16)20-9(7)13/h3-6H,1-2H3,(H,19,22). The fourth-order valence-electron chi connectivity index (χ4n) is 1.77. The molecular formula is C12H11ClF3N5O. The quantitative estimate of drug-likeness (QED) is 0.875. The summed E-state index contributed by atoms with van der Waals surface area (Å²) in [6.45, 7) is 1.57. The topological polar surface area (TPSA) is 72.7 Å². The van der Waals surface area contributed by atoms with Crippen LogP contribution in [-0.2, 0) is 13.2 Å². The van der Waals surface area contributed by atoms with Gasteiger partial charge in [0.15, 0.2) is 0 Å². The molecule has 0 aliphatic rings. The minimum Gasteiger partial charge on any atom is -0.343 e. The summed E-state index contributed by atoms with van der Waals surface area (Å²) < 4.78 is 38.9. The molecule has 2 rings (SSSR count). The molecular weight excluding hydrogens is 323 g/mol. The molecule has 2 aromatic rings. The smallest absolute Gasteiger partial charge is 0.343 e. The number of alkyl halides is 3. The number of pyridine rings is 1. The number of nitrogens with one attached hydrogen (secondary N) is 1. The van der Waals surface area contributed by atoms with Crippen molar-refractivity contribution in [3.63, 3.8) is 0 Å². The van der Waals surface area contributed by atoms with Gasteiger partial charge in [-0.2, -0.15) is 18.3 Å². The highest BCUT2D eigenvalue weighted by molar-refractivity contribution is 6.30. The first-order valence-corrected chi connectivity index (χ1v) is 6.46. The predicted octanol–water partition coefficient (Wildman–Crippen LogP) is 2.37. The molecule has 6 nitrogen and oxygen atoms in total. The van der Waals surface area contributed by atoms with Gasteiger partial charge < -0.3 is 5.32 Å². The second-order valence-corrected chi connectivity index (χ2v) is 4.83. The maximum absolute atomic E-state index is 12.5. The molecule has 0 aromatic carbocycles. The van der Waals surface area contributed by atoms with Gasteiger partial charge in [0.05, 0.1) is 6.04 Å². The van der Waals surface area contributed by atoms with Gasteiger partial charge in [0, 0.05) is 12.6 Å². The molecule has 2 heterocycles. The highest BCUT2D eigenvalue weighted by Gasteiger charge is 2.33. The lowest BCUT2D eigenvalue weighted by Crippen LogP contribution is -2.29. The Kier molecular flexibility index (Phi) is 4.36. The van der Waals surface area contributed by atoms with E-state index in [1.165, 1.54) is 17.1 Å². The monoisotopic (exact) mass is 333 g/mol. The van der Waals surface area contributed by atoms with Gasteiger partial charge in [0.1, 0.15) is 17.2 Å². The molecule has 0 saturated heterocycles. The molecule has 22 heavy (non-hydrogen) atoms. The van der Waals surface area contributed by atoms with Crippen LogP contribution in [0, 0.1) is 0 Å². The lowest BCUT2D eigenvalue weighted by atomic mass is 10.1. The fraction of sp³-hybridized carbons (Fsp3) is 0.333. The van der Waals surface area contributed by atoms with Crippen molar-refractivity contribution in [2.75, 3.05) is 0 Å². The zero-order chi connectivity index (χ0) is 16.5. The number of nitrogens with zero attached hydrogens (tertiary/aromatic N) is 4. The summed E-state index contributed by atoms with van der Waals surface area (Å²) in [5.74, 6) is -0.452. The van der Waals surface area contributed by atoms with Gasteiger partial charge >= 0.3 is 6.18 Å². The molecule has 1 unspecified atom stereocenters. The van der Waals surface area contributed by atoms with Crippen LogP contribution in [0.2, 0.25) is 5.15 Å². The third-order valence-electron chi connectivity index (χ3n) is 2.90. The van der Waals surface area contributed by atoms with Crippen LogP contribution >= 0.6 is 11.6 Å². The van der Waals surface area contributed by atoms with E-state index in [0.29, 0.717) is 0 Å². The van der Waals surface area contributed by atoms with E-state index in [1.807, 2.05) is 0 Å². The second kappa shape index (κ2) is 5.91. The summed E-state index contributed by atoms with van der Waals surface area (Å²) in [7, 11) is 1.54. The Morgan fingerprint density at radius 2 is 2.09 bits per heavy atom. The third-order valence-corrected chi connectivity index (χ3v) is 3.20. The van der Waals surface area contributed by atoms with Gasteiger partial charge in [0.25, 0.3) is 5.91 Å². The molecule has 118 valence electrons. The van der Waals surface area contributed by atoms with E-state index in [9.17, 15) is 18.0 Å². The van der Waals surface area contributed by atoms with Crippen molar-refractivity contribution < 1.29 is 18.0 Å². The van der Waals surface area contributed by atoms with Crippen molar-refractivity contribution in [2.45, 2.75) is 19.1 Å². The number of aryl methyl sites for hydroxylation is 1. The number of carbonyl (C=O) groups is 1. The Labute approximate surface area is 128 Å². The molecule has 0 radical (unpaired) electrons. The van der Waals surface area contributed by atoms with Gasteiger partial charge in [-0.05, 0) is 13.0 Å². The molecule has 0 bridgehead atoms. The molecule has 1 atom stereocenters. The van der Waals surface area contributed by atoms with E-state index >= 15 is 0 Å². The number of hydrogen-bond acceptors (Lipinski definition) is 4. The van der Waals surface area contributed by atoms with Gasteiger partial charge in [-0.25, -0.2) is 14.6 Å². The minimum atomic E-state index is -4.58. The van der Waals surface area contributed by atoms with Crippen molar-refractivity contribution in [2.24, 2.45) is 7.05 Å². The van der Waals surface area contributed by atoms with E-state index in [2.05, 4.69) is 20.4 Å². The van der Waals surface area contributed by atoms with Crippen molar-refractivity contribution in [1.29, 1.82) is 0 Å². The van der Waals surface area contributed by atoms with E-state index in [0.717, 1.165) is 6.07 Å². The number of rotatable bonds is 3. The summed E-state index contributed by atoms with van der Waals surface area (Å²) in [4.78, 5) is 19.1. The molecule has 0 fully saturated rings. The minimum absolute atomic E-state index is 0.0721. The van der Waals surface area contributed by atoms with Crippen LogP contribution in [-0.4, -0.2) is 25.7 Å². The van der Waals surface area contributed by atoms with Gasteiger partial charge in [0.2, 0.25) is 5.82 Å². The summed E-state index contributed by atoms with van der Waals surface area (Å²) in [6, 6.07) is 1.35. The number of aromatic nitrogens is 4. The number of halogens is 4. The van der Waals surface area contributed by atoms with Crippen LogP contribution in [0.15, 0.2) is 18.5 Å². The third kappa shape index (κ3) is 3.35. The molecule has 2 aromatic heterocycles. The zero-order valence-electron chi connectivity index (χ0n) is 11.5. The Hall–Kier alpha value is -2.16. The molecule has 0 spiro atoms. The first-order valence-electron chi connectivity index (χ1n) is 6.08. The molecule has 1 N–H and O–H groups in total. The van der Waals surface area contributed by atoms with E-state index in [4.69, 9.17) is 11.6 Å². The Bertz CT molecular complexity index is 700. The Morgan fingerprint density at radius 3 is 2.59 bits per heavy atom. The van der Waals surface area contributed by atoms with Crippen LogP contribution in [0.3, 0.4) is 0 Å². The Morgan fingerprint density at radius 1 is 1.41 bits per heavy atom. The van der Waals surface area contributed by atoms with Crippen LogP contribution in [0.25, 0.3) is 0 Å². The summed E-state index contributed by atoms with van der Waals surface area (Å²) in [5.41, 5.74) is -0.821. The van der Waals surface area contributed by atoms with Gasteiger partial charge in [-0.1, -0.05) is 17.7 Å². The highest BCUT2D eigenvalue weighted by Crippen LogP contribution is 2.31. The second-order valence-electron chi connectivity index (χ2n) is 4.48. The van der Waals surface area contributed by atoms with Crippen molar-refractivity contribution in [3.05, 3.63) is 40.7 Å². The van der Waals surface area contributed by atoms with Crippen molar-refractivity contribution in [3.8, 4) is 0 Å². The SMILES string of the molecule is CC(NC(=O)c1ncnn1C)c1ccc(C(F)(F)F)nc1Cl. The molecule has 1 amide bonds. The zero-order valence-corrected chi connectivity index (χ0v) is 12.3. The van der Waals surface area contributed by atoms with E-state index < -0.39 is 23.8 Å². The van der Waals surface area contributed by atoms with Crippen molar-refractivity contribution in [1.82, 2.24) is 25.1 Å². The average Bonchev–Trinajstić information content (AvgIpc) is 2.83. The van der Waals surface area contributed by atoms with Crippen LogP contribution in [0.5, 0.6) is 0 Å². The molecule has 0 saturated carbocycles. The largest absolute Gasteiger partial charge is 0.433 e. The lowest BCUT2D eigenvalue weighted by Gasteiger charge is -2.16. The highest BCUT2D eigenvalue weighted by atomic mass is 35.5. The fourth-order valence-corrected chi connectivity index (χ4v) is 2.08. The number of hydrogen-bond donors (Lipinski definition) is 1. The number of carbonyl (C=O) groups excluding carboxylic acids is 1. The van der Waals surface area contributed by atoms with Gasteiger partial charge in [-0.15, -0.1) is 0 Å². The first-order chi connectivity index (χ1) is 10.2. The molecule has 0 aliphatic carbocycles.